The molecular weight excluding hydrogens is 428 g/mol. The molecule has 0 aliphatic carbocycles. The van der Waals surface area contributed by atoms with Gasteiger partial charge in [0.1, 0.15) is 0 Å². The molecule has 196 valence electrons. The normalized spacial score (nSPS) is 13.7. The van der Waals surface area contributed by atoms with Crippen molar-refractivity contribution in [2.75, 3.05) is 0 Å². The number of rotatable bonds is 16. The van der Waals surface area contributed by atoms with Crippen molar-refractivity contribution in [1.82, 2.24) is 0 Å². The first kappa shape index (κ1) is 29.6. The van der Waals surface area contributed by atoms with Gasteiger partial charge in [-0.3, -0.25) is 0 Å². The monoisotopic (exact) mass is 480 g/mol. The van der Waals surface area contributed by atoms with E-state index in [4.69, 9.17) is 0 Å². The Bertz CT molecular complexity index is 811. The summed E-state index contributed by atoms with van der Waals surface area (Å²) in [5.74, 6) is 0. The van der Waals surface area contributed by atoms with Crippen LogP contribution in [0.3, 0.4) is 0 Å². The molecule has 0 bridgehead atoms. The standard InChI is InChI=1S/C33H52O2/c1-7-11-15-25-19-21-29(27(23-25)17-13-9-3)31(34)33(5,6)32(35)30-22-20-26(16-12-8-2)24-28(30)18-14-10-4/h19-24,31-32,34-35H,7-18H2,1-6H3. The van der Waals surface area contributed by atoms with Gasteiger partial charge in [-0.2, -0.15) is 0 Å². The second-order valence-electron chi connectivity index (χ2n) is 11.1. The molecule has 0 aliphatic rings. The van der Waals surface area contributed by atoms with Gasteiger partial charge in [0.15, 0.2) is 0 Å². The van der Waals surface area contributed by atoms with Crippen molar-refractivity contribution in [2.45, 2.75) is 131 Å². The Balaban J connectivity index is 2.39. The van der Waals surface area contributed by atoms with Crippen LogP contribution in [0.15, 0.2) is 36.4 Å². The molecule has 2 atom stereocenters. The van der Waals surface area contributed by atoms with Crippen LogP contribution in [-0.2, 0) is 25.7 Å². The Morgan fingerprint density at radius 3 is 1.26 bits per heavy atom. The maximum Gasteiger partial charge on any atom is 0.0871 e. The molecule has 0 radical (unpaired) electrons. The Kier molecular flexibility index (Phi) is 12.5. The van der Waals surface area contributed by atoms with E-state index in [1.807, 2.05) is 13.8 Å². The van der Waals surface area contributed by atoms with Gasteiger partial charge in [-0.1, -0.05) is 104 Å². The smallest absolute Gasteiger partial charge is 0.0871 e. The van der Waals surface area contributed by atoms with E-state index in [0.29, 0.717) is 0 Å². The third kappa shape index (κ3) is 8.19. The van der Waals surface area contributed by atoms with Crippen molar-refractivity contribution in [3.05, 3.63) is 69.8 Å². The van der Waals surface area contributed by atoms with Crippen LogP contribution in [-0.4, -0.2) is 10.2 Å². The van der Waals surface area contributed by atoms with Gasteiger partial charge >= 0.3 is 0 Å². The molecule has 0 saturated heterocycles. The Labute approximate surface area is 216 Å². The largest absolute Gasteiger partial charge is 0.388 e. The zero-order valence-electron chi connectivity index (χ0n) is 23.5. The molecule has 2 unspecified atom stereocenters. The quantitative estimate of drug-likeness (QED) is 0.252. The summed E-state index contributed by atoms with van der Waals surface area (Å²) in [6.45, 7) is 12.9. The van der Waals surface area contributed by atoms with Crippen molar-refractivity contribution in [3.8, 4) is 0 Å². The maximum atomic E-state index is 11.7. The zero-order chi connectivity index (χ0) is 25.8. The SMILES string of the molecule is CCCCc1ccc(C(O)C(C)(C)C(O)c2ccc(CCCC)cc2CCCC)c(CCCC)c1. The number of hydrogen-bond acceptors (Lipinski definition) is 2. The van der Waals surface area contributed by atoms with Crippen molar-refractivity contribution < 1.29 is 10.2 Å². The summed E-state index contributed by atoms with van der Waals surface area (Å²) < 4.78 is 0. The van der Waals surface area contributed by atoms with Crippen LogP contribution in [0.5, 0.6) is 0 Å². The predicted molar refractivity (Wildman–Crippen MR) is 151 cm³/mol. The molecule has 0 saturated carbocycles. The molecule has 0 heterocycles. The van der Waals surface area contributed by atoms with Crippen molar-refractivity contribution >= 4 is 0 Å². The fraction of sp³-hybridized carbons (Fsp3) is 0.636. The third-order valence-corrected chi connectivity index (χ3v) is 7.65. The van der Waals surface area contributed by atoms with Crippen molar-refractivity contribution in [2.24, 2.45) is 5.41 Å². The van der Waals surface area contributed by atoms with Gasteiger partial charge in [0.2, 0.25) is 0 Å². The highest BCUT2D eigenvalue weighted by atomic mass is 16.3. The summed E-state index contributed by atoms with van der Waals surface area (Å²) in [4.78, 5) is 0. The molecule has 2 aromatic carbocycles. The molecule has 2 N–H and O–H groups in total. The third-order valence-electron chi connectivity index (χ3n) is 7.65. The van der Waals surface area contributed by atoms with Gasteiger partial charge in [-0.25, -0.2) is 0 Å². The van der Waals surface area contributed by atoms with E-state index in [2.05, 4.69) is 64.1 Å². The number of unbranched alkanes of at least 4 members (excludes halogenated alkanes) is 4. The average molecular weight is 481 g/mol. The first-order chi connectivity index (χ1) is 16.8. The number of aliphatic hydroxyl groups excluding tert-OH is 2. The van der Waals surface area contributed by atoms with Gasteiger partial charge in [-0.15, -0.1) is 0 Å². The number of benzene rings is 2. The van der Waals surface area contributed by atoms with E-state index in [-0.39, 0.29) is 0 Å². The summed E-state index contributed by atoms with van der Waals surface area (Å²) in [7, 11) is 0. The first-order valence-corrected chi connectivity index (χ1v) is 14.4. The van der Waals surface area contributed by atoms with E-state index in [0.717, 1.165) is 62.5 Å². The van der Waals surface area contributed by atoms with Gasteiger partial charge in [0.25, 0.3) is 0 Å². The molecule has 0 aromatic heterocycles. The summed E-state index contributed by atoms with van der Waals surface area (Å²) in [5, 5.41) is 23.4. The molecule has 2 aromatic rings. The minimum absolute atomic E-state index is 0.711. The van der Waals surface area contributed by atoms with Crippen LogP contribution < -0.4 is 0 Å². The van der Waals surface area contributed by atoms with Crippen LogP contribution in [0.1, 0.15) is 138 Å². The minimum Gasteiger partial charge on any atom is -0.388 e. The van der Waals surface area contributed by atoms with Gasteiger partial charge < -0.3 is 10.2 Å². The lowest BCUT2D eigenvalue weighted by Gasteiger charge is -2.37. The maximum absolute atomic E-state index is 11.7. The number of aryl methyl sites for hydroxylation is 4. The zero-order valence-corrected chi connectivity index (χ0v) is 23.5. The highest BCUT2D eigenvalue weighted by Gasteiger charge is 2.39. The predicted octanol–water partition coefficient (Wildman–Crippen LogP) is 8.85. The fourth-order valence-electron chi connectivity index (χ4n) is 5.04. The Hall–Kier alpha value is -1.64. The Morgan fingerprint density at radius 2 is 0.914 bits per heavy atom. The summed E-state index contributed by atoms with van der Waals surface area (Å²) in [5.41, 5.74) is 6.46. The lowest BCUT2D eigenvalue weighted by molar-refractivity contribution is -0.0520. The molecule has 0 spiro atoms. The molecule has 0 aliphatic heterocycles. The second kappa shape index (κ2) is 14.8. The second-order valence-corrected chi connectivity index (χ2v) is 11.1. The van der Waals surface area contributed by atoms with Gasteiger partial charge in [-0.05, 0) is 84.7 Å². The molecule has 35 heavy (non-hydrogen) atoms. The van der Waals surface area contributed by atoms with Crippen LogP contribution in [0.2, 0.25) is 0 Å². The molecule has 2 rings (SSSR count). The lowest BCUT2D eigenvalue weighted by Crippen LogP contribution is -2.31. The Morgan fingerprint density at radius 1 is 0.571 bits per heavy atom. The lowest BCUT2D eigenvalue weighted by atomic mass is 9.72. The van der Waals surface area contributed by atoms with Crippen LogP contribution >= 0.6 is 0 Å². The topological polar surface area (TPSA) is 40.5 Å². The molecule has 0 amide bonds. The first-order valence-electron chi connectivity index (χ1n) is 14.4. The average Bonchev–Trinajstić information content (AvgIpc) is 2.87. The van der Waals surface area contributed by atoms with E-state index < -0.39 is 17.6 Å². The number of aliphatic hydroxyl groups is 2. The molecule has 0 fully saturated rings. The fourth-order valence-corrected chi connectivity index (χ4v) is 5.04. The van der Waals surface area contributed by atoms with E-state index >= 15 is 0 Å². The summed E-state index contributed by atoms with van der Waals surface area (Å²) in [6.07, 6.45) is 11.9. The van der Waals surface area contributed by atoms with E-state index in [1.54, 1.807) is 0 Å². The highest BCUT2D eigenvalue weighted by molar-refractivity contribution is 5.38. The number of hydrogen-bond donors (Lipinski definition) is 2. The van der Waals surface area contributed by atoms with E-state index in [1.165, 1.54) is 47.9 Å². The molecular formula is C33H52O2. The minimum atomic E-state index is -0.733. The van der Waals surface area contributed by atoms with Crippen LogP contribution in [0.25, 0.3) is 0 Å². The molecule has 2 heteroatoms. The summed E-state index contributed by atoms with van der Waals surface area (Å²) >= 11 is 0. The van der Waals surface area contributed by atoms with Crippen molar-refractivity contribution in [3.63, 3.8) is 0 Å². The van der Waals surface area contributed by atoms with Gasteiger partial charge in [0, 0.05) is 5.41 Å². The highest BCUT2D eigenvalue weighted by Crippen LogP contribution is 2.46. The summed E-state index contributed by atoms with van der Waals surface area (Å²) in [6, 6.07) is 13.2. The van der Waals surface area contributed by atoms with Crippen LogP contribution in [0.4, 0.5) is 0 Å². The van der Waals surface area contributed by atoms with Crippen molar-refractivity contribution in [1.29, 1.82) is 0 Å². The van der Waals surface area contributed by atoms with Crippen LogP contribution in [0, 0.1) is 5.41 Å². The van der Waals surface area contributed by atoms with E-state index in [9.17, 15) is 10.2 Å². The molecule has 2 nitrogen and oxygen atoms in total. The van der Waals surface area contributed by atoms with Gasteiger partial charge in [0.05, 0.1) is 12.2 Å².